The van der Waals surface area contributed by atoms with E-state index in [1.807, 2.05) is 30.8 Å². The maximum absolute atomic E-state index is 6.08. The van der Waals surface area contributed by atoms with Gasteiger partial charge in [0.05, 0.1) is 11.8 Å². The molecular weight excluding hydrogens is 214 g/mol. The highest BCUT2D eigenvalue weighted by atomic mass is 16.5. The maximum atomic E-state index is 6.08. The minimum absolute atomic E-state index is 0.00947. The summed E-state index contributed by atoms with van der Waals surface area (Å²) < 4.78 is 7.50. The van der Waals surface area contributed by atoms with Crippen LogP contribution in [0.4, 0.5) is 0 Å². The van der Waals surface area contributed by atoms with Gasteiger partial charge in [0.1, 0.15) is 0 Å². The van der Waals surface area contributed by atoms with Crippen molar-refractivity contribution in [1.82, 2.24) is 9.78 Å². The predicted octanol–water partition coefficient (Wildman–Crippen LogP) is 2.15. The summed E-state index contributed by atoms with van der Waals surface area (Å²) in [6, 6.07) is 2.50. The van der Waals surface area contributed by atoms with E-state index in [-0.39, 0.29) is 12.1 Å². The Kier molecular flexibility index (Phi) is 5.65. The SMILES string of the molecule is CCOC(C)C(N)Cc1ccn(C(C)CC)n1. The predicted molar refractivity (Wildman–Crippen MR) is 70.0 cm³/mol. The summed E-state index contributed by atoms with van der Waals surface area (Å²) in [5, 5.41) is 4.54. The third-order valence-electron chi connectivity index (χ3n) is 3.18. The lowest BCUT2D eigenvalue weighted by molar-refractivity contribution is 0.0574. The lowest BCUT2D eigenvalue weighted by atomic mass is 10.1. The van der Waals surface area contributed by atoms with Crippen LogP contribution >= 0.6 is 0 Å². The molecule has 1 heterocycles. The highest BCUT2D eigenvalue weighted by Crippen LogP contribution is 2.11. The fourth-order valence-corrected chi connectivity index (χ4v) is 1.71. The molecule has 4 heteroatoms. The van der Waals surface area contributed by atoms with Crippen molar-refractivity contribution in [2.24, 2.45) is 5.73 Å². The second-order valence-corrected chi connectivity index (χ2v) is 4.57. The fourth-order valence-electron chi connectivity index (χ4n) is 1.71. The average Bonchev–Trinajstić information content (AvgIpc) is 2.76. The smallest absolute Gasteiger partial charge is 0.0701 e. The Labute approximate surface area is 104 Å². The minimum atomic E-state index is 0.00947. The Balaban J connectivity index is 2.54. The van der Waals surface area contributed by atoms with Crippen molar-refractivity contribution in [3.63, 3.8) is 0 Å². The monoisotopic (exact) mass is 239 g/mol. The molecule has 1 aromatic rings. The zero-order valence-electron chi connectivity index (χ0n) is 11.4. The third kappa shape index (κ3) is 4.13. The summed E-state index contributed by atoms with van der Waals surface area (Å²) in [5.74, 6) is 0. The molecule has 4 nitrogen and oxygen atoms in total. The molecule has 0 saturated heterocycles. The van der Waals surface area contributed by atoms with Gasteiger partial charge < -0.3 is 10.5 Å². The van der Waals surface area contributed by atoms with E-state index in [9.17, 15) is 0 Å². The molecule has 0 aliphatic carbocycles. The van der Waals surface area contributed by atoms with E-state index in [1.54, 1.807) is 0 Å². The second-order valence-electron chi connectivity index (χ2n) is 4.57. The molecule has 0 saturated carbocycles. The second kappa shape index (κ2) is 6.77. The molecule has 0 fully saturated rings. The molecule has 1 aromatic heterocycles. The molecule has 3 unspecified atom stereocenters. The van der Waals surface area contributed by atoms with E-state index in [1.165, 1.54) is 0 Å². The van der Waals surface area contributed by atoms with Crippen molar-refractivity contribution >= 4 is 0 Å². The van der Waals surface area contributed by atoms with Gasteiger partial charge in [-0.05, 0) is 33.3 Å². The Bertz CT molecular complexity index is 324. The van der Waals surface area contributed by atoms with Crippen molar-refractivity contribution in [1.29, 1.82) is 0 Å². The minimum Gasteiger partial charge on any atom is -0.377 e. The van der Waals surface area contributed by atoms with Crippen LogP contribution in [0.5, 0.6) is 0 Å². The Morgan fingerprint density at radius 3 is 2.71 bits per heavy atom. The van der Waals surface area contributed by atoms with Crippen LogP contribution in [-0.4, -0.2) is 28.5 Å². The standard InChI is InChI=1S/C13H25N3O/c1-5-10(3)16-8-7-12(15-16)9-13(14)11(4)17-6-2/h7-8,10-11,13H,5-6,9,14H2,1-4H3. The molecule has 2 N–H and O–H groups in total. The van der Waals surface area contributed by atoms with E-state index in [0.29, 0.717) is 12.6 Å². The average molecular weight is 239 g/mol. The number of nitrogens with zero attached hydrogens (tertiary/aromatic N) is 2. The van der Waals surface area contributed by atoms with Gasteiger partial charge in [-0.1, -0.05) is 6.92 Å². The van der Waals surface area contributed by atoms with Gasteiger partial charge in [0.15, 0.2) is 0 Å². The zero-order valence-corrected chi connectivity index (χ0v) is 11.4. The number of hydrogen-bond donors (Lipinski definition) is 1. The van der Waals surface area contributed by atoms with Gasteiger partial charge in [-0.15, -0.1) is 0 Å². The molecule has 0 aromatic carbocycles. The van der Waals surface area contributed by atoms with Gasteiger partial charge >= 0.3 is 0 Å². The summed E-state index contributed by atoms with van der Waals surface area (Å²) in [4.78, 5) is 0. The molecule has 1 rings (SSSR count). The van der Waals surface area contributed by atoms with Gasteiger partial charge in [-0.3, -0.25) is 4.68 Å². The maximum Gasteiger partial charge on any atom is 0.0701 e. The lowest BCUT2D eigenvalue weighted by Gasteiger charge is -2.18. The molecule has 0 aliphatic rings. The number of ether oxygens (including phenoxy) is 1. The molecule has 0 aliphatic heterocycles. The quantitative estimate of drug-likeness (QED) is 0.793. The molecule has 0 radical (unpaired) electrons. The molecule has 3 atom stereocenters. The zero-order chi connectivity index (χ0) is 12.8. The molecule has 0 amide bonds. The van der Waals surface area contributed by atoms with Gasteiger partial charge in [0.2, 0.25) is 0 Å². The number of hydrogen-bond acceptors (Lipinski definition) is 3. The van der Waals surface area contributed by atoms with E-state index >= 15 is 0 Å². The van der Waals surface area contributed by atoms with Crippen molar-refractivity contribution < 1.29 is 4.74 Å². The van der Waals surface area contributed by atoms with E-state index in [4.69, 9.17) is 10.5 Å². The van der Waals surface area contributed by atoms with Crippen molar-refractivity contribution in [2.45, 2.75) is 58.7 Å². The number of nitrogens with two attached hydrogens (primary N) is 1. The first-order chi connectivity index (χ1) is 8.08. The summed E-state index contributed by atoms with van der Waals surface area (Å²) in [6.45, 7) is 9.03. The van der Waals surface area contributed by atoms with Crippen LogP contribution in [0, 0.1) is 0 Å². The first-order valence-electron chi connectivity index (χ1n) is 6.49. The van der Waals surface area contributed by atoms with Gasteiger partial charge in [-0.25, -0.2) is 0 Å². The molecule has 98 valence electrons. The van der Waals surface area contributed by atoms with Crippen LogP contribution in [0.3, 0.4) is 0 Å². The lowest BCUT2D eigenvalue weighted by Crippen LogP contribution is -2.36. The summed E-state index contributed by atoms with van der Waals surface area (Å²) in [7, 11) is 0. The largest absolute Gasteiger partial charge is 0.377 e. The van der Waals surface area contributed by atoms with Crippen LogP contribution in [0.15, 0.2) is 12.3 Å². The first kappa shape index (κ1) is 14.2. The summed E-state index contributed by atoms with van der Waals surface area (Å²) in [5.41, 5.74) is 7.12. The van der Waals surface area contributed by atoms with Gasteiger partial charge in [-0.2, -0.15) is 5.10 Å². The fraction of sp³-hybridized carbons (Fsp3) is 0.769. The van der Waals surface area contributed by atoms with Crippen LogP contribution < -0.4 is 5.73 Å². The Morgan fingerprint density at radius 2 is 2.12 bits per heavy atom. The summed E-state index contributed by atoms with van der Waals surface area (Å²) >= 11 is 0. The Hall–Kier alpha value is -0.870. The molecule has 0 bridgehead atoms. The molecule has 17 heavy (non-hydrogen) atoms. The van der Waals surface area contributed by atoms with E-state index in [2.05, 4.69) is 18.9 Å². The van der Waals surface area contributed by atoms with E-state index in [0.717, 1.165) is 18.5 Å². The summed E-state index contributed by atoms with van der Waals surface area (Å²) in [6.07, 6.45) is 3.96. The van der Waals surface area contributed by atoms with E-state index < -0.39 is 0 Å². The third-order valence-corrected chi connectivity index (χ3v) is 3.18. The topological polar surface area (TPSA) is 53.1 Å². The van der Waals surface area contributed by atoms with Gasteiger partial charge in [0.25, 0.3) is 0 Å². The van der Waals surface area contributed by atoms with Crippen LogP contribution in [0.25, 0.3) is 0 Å². The number of aromatic nitrogens is 2. The first-order valence-corrected chi connectivity index (χ1v) is 6.49. The highest BCUT2D eigenvalue weighted by molar-refractivity contribution is 5.02. The normalized spacial score (nSPS) is 16.8. The molecule has 0 spiro atoms. The molecular formula is C13H25N3O. The van der Waals surface area contributed by atoms with Crippen LogP contribution in [0.1, 0.15) is 45.9 Å². The number of rotatable bonds is 7. The van der Waals surface area contributed by atoms with Crippen LogP contribution in [0.2, 0.25) is 0 Å². The Morgan fingerprint density at radius 1 is 1.41 bits per heavy atom. The highest BCUT2D eigenvalue weighted by Gasteiger charge is 2.15. The van der Waals surface area contributed by atoms with Gasteiger partial charge in [0, 0.05) is 31.3 Å². The van der Waals surface area contributed by atoms with Crippen molar-refractivity contribution in [3.8, 4) is 0 Å². The van der Waals surface area contributed by atoms with Crippen molar-refractivity contribution in [2.75, 3.05) is 6.61 Å². The van der Waals surface area contributed by atoms with Crippen LogP contribution in [-0.2, 0) is 11.2 Å². The van der Waals surface area contributed by atoms with Crippen molar-refractivity contribution in [3.05, 3.63) is 18.0 Å².